The predicted molar refractivity (Wildman–Crippen MR) is 94.5 cm³/mol. The molecule has 26 heavy (non-hydrogen) atoms. The van der Waals surface area contributed by atoms with E-state index in [0.29, 0.717) is 11.5 Å². The fourth-order valence-corrected chi connectivity index (χ4v) is 1.94. The van der Waals surface area contributed by atoms with Gasteiger partial charge < -0.3 is 13.9 Å². The molecule has 0 unspecified atom stereocenters. The van der Waals surface area contributed by atoms with Crippen molar-refractivity contribution in [3.8, 4) is 17.4 Å². The molecule has 0 aliphatic heterocycles. The zero-order chi connectivity index (χ0) is 18.9. The van der Waals surface area contributed by atoms with Gasteiger partial charge in [-0.2, -0.15) is 5.26 Å². The van der Waals surface area contributed by atoms with Gasteiger partial charge in [0, 0.05) is 17.2 Å². The first kappa shape index (κ1) is 18.7. The van der Waals surface area contributed by atoms with E-state index in [4.69, 9.17) is 19.2 Å². The highest BCUT2D eigenvalue weighted by Gasteiger charge is 2.13. The molecular formula is C20H17NO5. The van der Waals surface area contributed by atoms with Crippen molar-refractivity contribution in [2.24, 2.45) is 0 Å². The summed E-state index contributed by atoms with van der Waals surface area (Å²) in [6, 6.07) is 14.6. The SMILES string of the molecule is C=C(C)C(=O)OCCOC(=O)/C(C#N)=C/c1ccc(-c2ccccc2)o1. The standard InChI is InChI=1S/C20H17NO5/c1-14(2)19(22)24-10-11-25-20(23)16(13-21)12-17-8-9-18(26-17)15-6-4-3-5-7-15/h3-9,12H,1,10-11H2,2H3/b16-12+. The number of hydrogen-bond acceptors (Lipinski definition) is 6. The number of hydrogen-bond donors (Lipinski definition) is 0. The Morgan fingerprint density at radius 2 is 1.77 bits per heavy atom. The van der Waals surface area contributed by atoms with Crippen molar-refractivity contribution in [2.75, 3.05) is 13.2 Å². The number of rotatable bonds is 7. The van der Waals surface area contributed by atoms with Crippen molar-refractivity contribution >= 4 is 18.0 Å². The van der Waals surface area contributed by atoms with Gasteiger partial charge in [-0.1, -0.05) is 36.9 Å². The zero-order valence-corrected chi connectivity index (χ0v) is 14.2. The molecule has 0 aliphatic carbocycles. The average Bonchev–Trinajstić information content (AvgIpc) is 3.12. The maximum absolute atomic E-state index is 11.9. The number of furan rings is 1. The Balaban J connectivity index is 1.96. The van der Waals surface area contributed by atoms with Gasteiger partial charge in [0.1, 0.15) is 36.4 Å². The van der Waals surface area contributed by atoms with Crippen LogP contribution in [-0.4, -0.2) is 25.2 Å². The normalized spacial score (nSPS) is 10.7. The molecule has 2 aromatic rings. The van der Waals surface area contributed by atoms with E-state index < -0.39 is 11.9 Å². The number of ether oxygens (including phenoxy) is 2. The lowest BCUT2D eigenvalue weighted by Crippen LogP contribution is -2.15. The Morgan fingerprint density at radius 1 is 1.12 bits per heavy atom. The van der Waals surface area contributed by atoms with Crippen LogP contribution >= 0.6 is 0 Å². The van der Waals surface area contributed by atoms with Gasteiger partial charge in [-0.25, -0.2) is 9.59 Å². The van der Waals surface area contributed by atoms with Crippen LogP contribution in [0.4, 0.5) is 0 Å². The monoisotopic (exact) mass is 351 g/mol. The van der Waals surface area contributed by atoms with Crippen molar-refractivity contribution in [1.29, 1.82) is 5.26 Å². The number of nitrogens with zero attached hydrogens (tertiary/aromatic N) is 1. The second kappa shape index (κ2) is 9.04. The number of carbonyl (C=O) groups excluding carboxylic acids is 2. The molecule has 0 spiro atoms. The number of benzene rings is 1. The summed E-state index contributed by atoms with van der Waals surface area (Å²) in [4.78, 5) is 23.1. The van der Waals surface area contributed by atoms with Crippen LogP contribution in [0, 0.1) is 11.3 Å². The van der Waals surface area contributed by atoms with E-state index in [9.17, 15) is 9.59 Å². The van der Waals surface area contributed by atoms with Crippen LogP contribution in [0.5, 0.6) is 0 Å². The van der Waals surface area contributed by atoms with E-state index in [1.54, 1.807) is 18.2 Å². The fourth-order valence-electron chi connectivity index (χ4n) is 1.94. The maximum atomic E-state index is 11.9. The molecule has 0 N–H and O–H groups in total. The second-order valence-corrected chi connectivity index (χ2v) is 5.29. The lowest BCUT2D eigenvalue weighted by Gasteiger charge is -2.05. The highest BCUT2D eigenvalue weighted by atomic mass is 16.6. The second-order valence-electron chi connectivity index (χ2n) is 5.29. The van der Waals surface area contributed by atoms with Crippen LogP contribution < -0.4 is 0 Å². The summed E-state index contributed by atoms with van der Waals surface area (Å²) in [6.45, 7) is 4.67. The molecule has 0 saturated heterocycles. The molecular weight excluding hydrogens is 334 g/mol. The maximum Gasteiger partial charge on any atom is 0.349 e. The molecule has 0 aliphatic rings. The van der Waals surface area contributed by atoms with Crippen LogP contribution in [-0.2, 0) is 19.1 Å². The minimum atomic E-state index is -0.823. The summed E-state index contributed by atoms with van der Waals surface area (Å²) in [7, 11) is 0. The largest absolute Gasteiger partial charge is 0.459 e. The quantitative estimate of drug-likeness (QED) is 0.328. The topological polar surface area (TPSA) is 89.5 Å². The van der Waals surface area contributed by atoms with Crippen LogP contribution in [0.2, 0.25) is 0 Å². The van der Waals surface area contributed by atoms with Gasteiger partial charge in [-0.05, 0) is 19.1 Å². The average molecular weight is 351 g/mol. The Bertz CT molecular complexity index is 871. The molecule has 0 amide bonds. The molecule has 2 rings (SSSR count). The van der Waals surface area contributed by atoms with E-state index in [1.165, 1.54) is 13.0 Å². The lowest BCUT2D eigenvalue weighted by molar-refractivity contribution is -0.147. The fraction of sp³-hybridized carbons (Fsp3) is 0.150. The number of carbonyl (C=O) groups is 2. The molecule has 1 aromatic heterocycles. The molecule has 6 nitrogen and oxygen atoms in total. The van der Waals surface area contributed by atoms with Gasteiger partial charge in [0.25, 0.3) is 0 Å². The Hall–Kier alpha value is -3.59. The molecule has 1 heterocycles. The first-order valence-corrected chi connectivity index (χ1v) is 7.78. The molecule has 0 bridgehead atoms. The zero-order valence-electron chi connectivity index (χ0n) is 14.2. The molecule has 0 atom stereocenters. The molecule has 132 valence electrons. The predicted octanol–water partition coefficient (Wildman–Crippen LogP) is 3.52. The third-order valence-electron chi connectivity index (χ3n) is 3.21. The van der Waals surface area contributed by atoms with Gasteiger partial charge in [-0.15, -0.1) is 0 Å². The van der Waals surface area contributed by atoms with Crippen molar-refractivity contribution < 1.29 is 23.5 Å². The number of esters is 2. The summed E-state index contributed by atoms with van der Waals surface area (Å²) in [6.07, 6.45) is 1.30. The molecule has 6 heteroatoms. The van der Waals surface area contributed by atoms with Crippen molar-refractivity contribution in [3.05, 3.63) is 65.9 Å². The van der Waals surface area contributed by atoms with Crippen LogP contribution in [0.15, 0.2) is 64.6 Å². The molecule has 0 radical (unpaired) electrons. The first-order chi connectivity index (χ1) is 12.5. The Kier molecular flexibility index (Phi) is 6.52. The number of nitriles is 1. The molecule has 0 fully saturated rings. The van der Waals surface area contributed by atoms with Gasteiger partial charge in [0.15, 0.2) is 0 Å². The van der Waals surface area contributed by atoms with E-state index in [2.05, 4.69) is 6.58 Å². The molecule has 1 aromatic carbocycles. The van der Waals surface area contributed by atoms with Crippen molar-refractivity contribution in [3.63, 3.8) is 0 Å². The summed E-state index contributed by atoms with van der Waals surface area (Å²) >= 11 is 0. The van der Waals surface area contributed by atoms with Gasteiger partial charge in [0.05, 0.1) is 0 Å². The Labute approximate surface area is 150 Å². The third kappa shape index (κ3) is 5.21. The van der Waals surface area contributed by atoms with Gasteiger partial charge in [-0.3, -0.25) is 0 Å². The summed E-state index contributed by atoms with van der Waals surface area (Å²) < 4.78 is 15.3. The molecule has 0 saturated carbocycles. The minimum Gasteiger partial charge on any atom is -0.459 e. The van der Waals surface area contributed by atoms with E-state index in [1.807, 2.05) is 30.3 Å². The van der Waals surface area contributed by atoms with E-state index in [-0.39, 0.29) is 24.4 Å². The van der Waals surface area contributed by atoms with E-state index >= 15 is 0 Å². The van der Waals surface area contributed by atoms with Crippen LogP contribution in [0.1, 0.15) is 12.7 Å². The van der Waals surface area contributed by atoms with Crippen molar-refractivity contribution in [2.45, 2.75) is 6.92 Å². The van der Waals surface area contributed by atoms with Gasteiger partial charge >= 0.3 is 11.9 Å². The van der Waals surface area contributed by atoms with Crippen molar-refractivity contribution in [1.82, 2.24) is 0 Å². The first-order valence-electron chi connectivity index (χ1n) is 7.78. The van der Waals surface area contributed by atoms with E-state index in [0.717, 1.165) is 5.56 Å². The highest BCUT2D eigenvalue weighted by molar-refractivity contribution is 5.97. The summed E-state index contributed by atoms with van der Waals surface area (Å²) in [5.41, 5.74) is 0.915. The van der Waals surface area contributed by atoms with Crippen LogP contribution in [0.3, 0.4) is 0 Å². The smallest absolute Gasteiger partial charge is 0.349 e. The minimum absolute atomic E-state index is 0.116. The third-order valence-corrected chi connectivity index (χ3v) is 3.21. The van der Waals surface area contributed by atoms with Gasteiger partial charge in [0.2, 0.25) is 0 Å². The Morgan fingerprint density at radius 3 is 2.38 bits per heavy atom. The lowest BCUT2D eigenvalue weighted by atomic mass is 10.2. The van der Waals surface area contributed by atoms with Crippen LogP contribution in [0.25, 0.3) is 17.4 Å². The summed E-state index contributed by atoms with van der Waals surface area (Å²) in [5.74, 6) is -0.419. The summed E-state index contributed by atoms with van der Waals surface area (Å²) in [5, 5.41) is 9.14. The highest BCUT2D eigenvalue weighted by Crippen LogP contribution is 2.23.